The van der Waals surface area contributed by atoms with E-state index in [1.807, 2.05) is 13.8 Å². The van der Waals surface area contributed by atoms with Crippen molar-refractivity contribution in [3.63, 3.8) is 0 Å². The van der Waals surface area contributed by atoms with Gasteiger partial charge in [0.15, 0.2) is 0 Å². The van der Waals surface area contributed by atoms with Gasteiger partial charge in [0, 0.05) is 0 Å². The summed E-state index contributed by atoms with van der Waals surface area (Å²) >= 11 is 0. The Hall–Kier alpha value is -2.21. The second kappa shape index (κ2) is 6.05. The number of rotatable bonds is 6. The van der Waals surface area contributed by atoms with Gasteiger partial charge in [-0.3, -0.25) is 14.5 Å². The summed E-state index contributed by atoms with van der Waals surface area (Å²) in [6, 6.07) is 3.89. The van der Waals surface area contributed by atoms with Crippen molar-refractivity contribution in [1.29, 1.82) is 0 Å². The Morgan fingerprint density at radius 2 is 1.76 bits per heavy atom. The SMILES string of the molecule is CC[NH+](CC)CCN1C(=O)c2ccc(C(=O)[O-])cc2C1=O. The molecule has 21 heavy (non-hydrogen) atoms. The average Bonchev–Trinajstić information content (AvgIpc) is 2.72. The van der Waals surface area contributed by atoms with E-state index >= 15 is 0 Å². The van der Waals surface area contributed by atoms with E-state index < -0.39 is 11.9 Å². The van der Waals surface area contributed by atoms with Crippen molar-refractivity contribution in [3.05, 3.63) is 34.9 Å². The van der Waals surface area contributed by atoms with Crippen LogP contribution >= 0.6 is 0 Å². The van der Waals surface area contributed by atoms with Crippen molar-refractivity contribution >= 4 is 17.8 Å². The third-order valence-corrected chi connectivity index (χ3v) is 3.90. The van der Waals surface area contributed by atoms with Gasteiger partial charge in [-0.1, -0.05) is 6.07 Å². The van der Waals surface area contributed by atoms with Gasteiger partial charge in [-0.2, -0.15) is 0 Å². The largest absolute Gasteiger partial charge is 0.545 e. The first-order chi connectivity index (χ1) is 9.99. The molecule has 1 aliphatic heterocycles. The van der Waals surface area contributed by atoms with E-state index in [0.29, 0.717) is 13.1 Å². The first kappa shape index (κ1) is 15.2. The summed E-state index contributed by atoms with van der Waals surface area (Å²) in [5, 5.41) is 10.8. The smallest absolute Gasteiger partial charge is 0.261 e. The first-order valence-electron chi connectivity index (χ1n) is 7.04. The van der Waals surface area contributed by atoms with Gasteiger partial charge >= 0.3 is 0 Å². The molecule has 0 aliphatic carbocycles. The normalized spacial score (nSPS) is 14.0. The van der Waals surface area contributed by atoms with E-state index in [9.17, 15) is 19.5 Å². The summed E-state index contributed by atoms with van der Waals surface area (Å²) in [5.74, 6) is -2.14. The number of carbonyl (C=O) groups excluding carboxylic acids is 3. The van der Waals surface area contributed by atoms with Crippen LogP contribution in [0.4, 0.5) is 0 Å². The average molecular weight is 290 g/mol. The summed E-state index contributed by atoms with van der Waals surface area (Å²) in [6.45, 7) is 6.97. The minimum atomic E-state index is -1.36. The number of benzene rings is 1. The lowest BCUT2D eigenvalue weighted by Crippen LogP contribution is -3.12. The summed E-state index contributed by atoms with van der Waals surface area (Å²) in [5.41, 5.74) is 0.321. The highest BCUT2D eigenvalue weighted by molar-refractivity contribution is 6.21. The molecule has 0 aromatic heterocycles. The van der Waals surface area contributed by atoms with E-state index in [2.05, 4.69) is 0 Å². The van der Waals surface area contributed by atoms with Gasteiger partial charge in [0.05, 0.1) is 43.3 Å². The molecule has 0 radical (unpaired) electrons. The minimum absolute atomic E-state index is 0.0916. The number of fused-ring (bicyclic) bond motifs is 1. The van der Waals surface area contributed by atoms with Gasteiger partial charge in [-0.15, -0.1) is 0 Å². The number of nitrogens with zero attached hydrogens (tertiary/aromatic N) is 1. The van der Waals surface area contributed by atoms with Crippen LogP contribution in [-0.2, 0) is 0 Å². The second-order valence-corrected chi connectivity index (χ2v) is 5.02. The fourth-order valence-electron chi connectivity index (χ4n) is 2.49. The zero-order chi connectivity index (χ0) is 15.6. The van der Waals surface area contributed by atoms with Crippen molar-refractivity contribution in [2.24, 2.45) is 0 Å². The number of imide groups is 1. The summed E-state index contributed by atoms with van der Waals surface area (Å²) in [6.07, 6.45) is 0. The molecule has 6 heteroatoms. The number of carboxylic acids is 1. The Morgan fingerprint density at radius 1 is 1.14 bits per heavy atom. The number of hydrogen-bond acceptors (Lipinski definition) is 4. The second-order valence-electron chi connectivity index (χ2n) is 5.02. The number of hydrogen-bond donors (Lipinski definition) is 1. The molecule has 0 spiro atoms. The molecular weight excluding hydrogens is 272 g/mol. The minimum Gasteiger partial charge on any atom is -0.545 e. The third-order valence-electron chi connectivity index (χ3n) is 3.90. The van der Waals surface area contributed by atoms with E-state index in [1.165, 1.54) is 28.0 Å². The Kier molecular flexibility index (Phi) is 4.37. The van der Waals surface area contributed by atoms with Crippen molar-refractivity contribution < 1.29 is 24.4 Å². The maximum Gasteiger partial charge on any atom is 0.261 e. The maximum absolute atomic E-state index is 12.3. The Balaban J connectivity index is 2.20. The van der Waals surface area contributed by atoms with Gasteiger partial charge < -0.3 is 14.8 Å². The molecule has 1 aliphatic rings. The lowest BCUT2D eigenvalue weighted by Gasteiger charge is -2.19. The van der Waals surface area contributed by atoms with Gasteiger partial charge in [-0.25, -0.2) is 0 Å². The molecule has 2 amide bonds. The molecule has 1 aromatic rings. The van der Waals surface area contributed by atoms with Gasteiger partial charge in [0.1, 0.15) is 0 Å². The standard InChI is InChI=1S/C15H18N2O4/c1-3-16(4-2)7-8-17-13(18)11-6-5-10(15(20)21)9-12(11)14(17)19/h5-6,9H,3-4,7-8H2,1-2H3,(H,20,21). The predicted molar refractivity (Wildman–Crippen MR) is 73.1 cm³/mol. The number of carbonyl (C=O) groups is 3. The zero-order valence-electron chi connectivity index (χ0n) is 12.1. The zero-order valence-corrected chi connectivity index (χ0v) is 12.1. The van der Waals surface area contributed by atoms with Crippen molar-refractivity contribution in [2.75, 3.05) is 26.2 Å². The molecular formula is C15H18N2O4. The number of amides is 2. The topological polar surface area (TPSA) is 81.9 Å². The van der Waals surface area contributed by atoms with Crippen LogP contribution in [0.2, 0.25) is 0 Å². The molecule has 1 heterocycles. The number of aromatic carboxylic acids is 1. The van der Waals surface area contributed by atoms with Crippen LogP contribution < -0.4 is 10.0 Å². The van der Waals surface area contributed by atoms with Crippen molar-refractivity contribution in [3.8, 4) is 0 Å². The monoisotopic (exact) mass is 290 g/mol. The summed E-state index contributed by atoms with van der Waals surface area (Å²) in [4.78, 5) is 37.8. The molecule has 0 atom stereocenters. The van der Waals surface area contributed by atoms with E-state index in [0.717, 1.165) is 13.1 Å². The summed E-state index contributed by atoms with van der Waals surface area (Å²) in [7, 11) is 0. The molecule has 6 nitrogen and oxygen atoms in total. The summed E-state index contributed by atoms with van der Waals surface area (Å²) < 4.78 is 0. The third kappa shape index (κ3) is 2.80. The number of quaternary nitrogens is 1. The van der Waals surface area contributed by atoms with Crippen LogP contribution in [0.25, 0.3) is 0 Å². The van der Waals surface area contributed by atoms with Gasteiger partial charge in [-0.05, 0) is 31.5 Å². The molecule has 0 saturated carbocycles. The van der Waals surface area contributed by atoms with Crippen LogP contribution in [0.3, 0.4) is 0 Å². The molecule has 112 valence electrons. The highest BCUT2D eigenvalue weighted by atomic mass is 16.4. The van der Waals surface area contributed by atoms with E-state index in [4.69, 9.17) is 0 Å². The molecule has 1 aromatic carbocycles. The van der Waals surface area contributed by atoms with Crippen LogP contribution in [0, 0.1) is 0 Å². The predicted octanol–water partition coefficient (Wildman–Crippen LogP) is -1.43. The molecule has 0 saturated heterocycles. The fraction of sp³-hybridized carbons (Fsp3) is 0.400. The Morgan fingerprint density at radius 3 is 2.33 bits per heavy atom. The lowest BCUT2D eigenvalue weighted by molar-refractivity contribution is -0.895. The number of carboxylic acid groups (broad SMARTS) is 1. The molecule has 0 fully saturated rings. The van der Waals surface area contributed by atoms with E-state index in [1.54, 1.807) is 0 Å². The highest BCUT2D eigenvalue weighted by Crippen LogP contribution is 2.23. The number of likely N-dealkylation sites (N-methyl/N-ethyl adjacent to an activating group) is 1. The Labute approximate surface area is 123 Å². The van der Waals surface area contributed by atoms with Gasteiger partial charge in [0.25, 0.3) is 11.8 Å². The van der Waals surface area contributed by atoms with Crippen LogP contribution in [0.15, 0.2) is 18.2 Å². The number of nitrogens with one attached hydrogen (secondary N) is 1. The molecule has 1 N–H and O–H groups in total. The Bertz CT molecular complexity index is 593. The van der Waals surface area contributed by atoms with Crippen molar-refractivity contribution in [1.82, 2.24) is 4.90 Å². The van der Waals surface area contributed by atoms with Gasteiger partial charge in [0.2, 0.25) is 0 Å². The molecule has 0 bridgehead atoms. The first-order valence-corrected chi connectivity index (χ1v) is 7.04. The highest BCUT2D eigenvalue weighted by Gasteiger charge is 2.35. The lowest BCUT2D eigenvalue weighted by atomic mass is 10.1. The maximum atomic E-state index is 12.3. The van der Waals surface area contributed by atoms with Crippen molar-refractivity contribution in [2.45, 2.75) is 13.8 Å². The molecule has 2 rings (SSSR count). The quantitative estimate of drug-likeness (QED) is 0.651. The van der Waals surface area contributed by atoms with Crippen LogP contribution in [-0.4, -0.2) is 48.9 Å². The fourth-order valence-corrected chi connectivity index (χ4v) is 2.49. The van der Waals surface area contributed by atoms with E-state index in [-0.39, 0.29) is 22.6 Å². The molecule has 0 unspecified atom stereocenters. The van der Waals surface area contributed by atoms with Crippen LogP contribution in [0.5, 0.6) is 0 Å². The van der Waals surface area contributed by atoms with Crippen LogP contribution in [0.1, 0.15) is 44.9 Å².